The Morgan fingerprint density at radius 1 is 0.765 bits per heavy atom. The monoisotopic (exact) mass is 470 g/mol. The first-order valence-corrected chi connectivity index (χ1v) is 14.5. The summed E-state index contributed by atoms with van der Waals surface area (Å²) in [6.07, 6.45) is 28.0. The molecule has 0 radical (unpaired) electrons. The van der Waals surface area contributed by atoms with Crippen LogP contribution < -0.4 is 0 Å². The van der Waals surface area contributed by atoms with Crippen molar-refractivity contribution in [1.29, 1.82) is 0 Å². The topological polar surface area (TPSA) is 0 Å². The van der Waals surface area contributed by atoms with Crippen LogP contribution in [-0.2, 0) is 6.42 Å². The van der Waals surface area contributed by atoms with Gasteiger partial charge in [0.15, 0.2) is 11.6 Å². The minimum absolute atomic E-state index is 0.418. The average molecular weight is 471 g/mol. The average Bonchev–Trinajstić information content (AvgIpc) is 2.87. The second-order valence-electron chi connectivity index (χ2n) is 11.0. The van der Waals surface area contributed by atoms with Crippen molar-refractivity contribution < 1.29 is 8.78 Å². The summed E-state index contributed by atoms with van der Waals surface area (Å²) in [7, 11) is 0. The molecule has 2 aliphatic carbocycles. The fourth-order valence-corrected chi connectivity index (χ4v) is 6.03. The number of hydrogen-bond acceptors (Lipinski definition) is 0. The minimum atomic E-state index is -0.676. The third-order valence-electron chi connectivity index (χ3n) is 8.37. The van der Waals surface area contributed by atoms with Crippen molar-refractivity contribution in [2.24, 2.45) is 17.8 Å². The summed E-state index contributed by atoms with van der Waals surface area (Å²) in [5.41, 5.74) is 1.77. The highest BCUT2D eigenvalue weighted by atomic mass is 19.2. The van der Waals surface area contributed by atoms with Crippen molar-refractivity contribution in [2.75, 3.05) is 0 Å². The Balaban J connectivity index is 1.38. The lowest BCUT2D eigenvalue weighted by Crippen LogP contribution is -2.21. The van der Waals surface area contributed by atoms with Gasteiger partial charge in [0.05, 0.1) is 0 Å². The van der Waals surface area contributed by atoms with Gasteiger partial charge in [-0.05, 0) is 61.0 Å². The predicted octanol–water partition coefficient (Wildman–Crippen LogP) is 10.6. The van der Waals surface area contributed by atoms with Gasteiger partial charge in [0.1, 0.15) is 0 Å². The van der Waals surface area contributed by atoms with E-state index in [2.05, 4.69) is 26.0 Å². The lowest BCUT2D eigenvalue weighted by atomic mass is 9.72. The Morgan fingerprint density at radius 2 is 1.44 bits per heavy atom. The van der Waals surface area contributed by atoms with E-state index in [1.54, 1.807) is 12.1 Å². The molecule has 0 nitrogen and oxygen atoms in total. The van der Waals surface area contributed by atoms with Crippen molar-refractivity contribution in [2.45, 2.75) is 123 Å². The number of allylic oxidation sites excluding steroid dienone is 4. The van der Waals surface area contributed by atoms with E-state index in [1.807, 2.05) is 6.08 Å². The lowest BCUT2D eigenvalue weighted by molar-refractivity contribution is 0.218. The van der Waals surface area contributed by atoms with Gasteiger partial charge < -0.3 is 0 Å². The fraction of sp³-hybridized carbons (Fsp3) is 0.688. The van der Waals surface area contributed by atoms with E-state index in [-0.39, 0.29) is 0 Å². The molecule has 0 bridgehead atoms. The molecule has 1 unspecified atom stereocenters. The van der Waals surface area contributed by atoms with Crippen molar-refractivity contribution in [3.63, 3.8) is 0 Å². The van der Waals surface area contributed by atoms with E-state index in [9.17, 15) is 8.78 Å². The van der Waals surface area contributed by atoms with Crippen LogP contribution in [0.25, 0.3) is 5.57 Å². The maximum Gasteiger partial charge on any atom is 0.166 e. The van der Waals surface area contributed by atoms with Gasteiger partial charge in [-0.25, -0.2) is 8.78 Å². The van der Waals surface area contributed by atoms with Crippen LogP contribution in [0.3, 0.4) is 0 Å². The maximum absolute atomic E-state index is 14.7. The van der Waals surface area contributed by atoms with Crippen LogP contribution in [0.5, 0.6) is 0 Å². The molecule has 1 atom stereocenters. The summed E-state index contributed by atoms with van der Waals surface area (Å²) in [6, 6.07) is 3.55. The van der Waals surface area contributed by atoms with Crippen LogP contribution in [-0.4, -0.2) is 0 Å². The molecule has 0 spiro atoms. The second kappa shape index (κ2) is 14.8. The molecule has 2 aliphatic rings. The molecule has 0 aromatic heterocycles. The molecule has 1 aromatic carbocycles. The molecule has 0 amide bonds. The molecule has 1 saturated carbocycles. The quantitative estimate of drug-likeness (QED) is 0.237. The van der Waals surface area contributed by atoms with E-state index in [4.69, 9.17) is 0 Å². The summed E-state index contributed by atoms with van der Waals surface area (Å²) in [5, 5.41) is 0. The van der Waals surface area contributed by atoms with Crippen LogP contribution in [0.15, 0.2) is 30.4 Å². The highest BCUT2D eigenvalue weighted by Crippen LogP contribution is 2.40. The van der Waals surface area contributed by atoms with Gasteiger partial charge in [0.2, 0.25) is 0 Å². The largest absolute Gasteiger partial charge is 0.203 e. The number of halogens is 2. The van der Waals surface area contributed by atoms with E-state index < -0.39 is 11.6 Å². The van der Waals surface area contributed by atoms with Gasteiger partial charge in [-0.2, -0.15) is 0 Å². The Kier molecular flexibility index (Phi) is 11.9. The summed E-state index contributed by atoms with van der Waals surface area (Å²) in [6.45, 7) is 4.35. The molecule has 1 aromatic rings. The molecule has 0 N–H and O–H groups in total. The molecule has 0 aliphatic heterocycles. The van der Waals surface area contributed by atoms with Crippen LogP contribution in [0.1, 0.15) is 128 Å². The third-order valence-corrected chi connectivity index (χ3v) is 8.37. The second-order valence-corrected chi connectivity index (χ2v) is 11.0. The molecule has 1 fully saturated rings. The number of unbranched alkanes of at least 4 members (excludes halogenated alkanes) is 8. The molecule has 3 rings (SSSR count). The van der Waals surface area contributed by atoms with Gasteiger partial charge in [-0.3, -0.25) is 0 Å². The lowest BCUT2D eigenvalue weighted by Gasteiger charge is -2.33. The van der Waals surface area contributed by atoms with E-state index in [1.165, 1.54) is 83.5 Å². The maximum atomic E-state index is 14.7. The van der Waals surface area contributed by atoms with Crippen LogP contribution >= 0.6 is 0 Å². The van der Waals surface area contributed by atoms with Crippen LogP contribution in [0.4, 0.5) is 8.78 Å². The van der Waals surface area contributed by atoms with Gasteiger partial charge in [0, 0.05) is 5.56 Å². The van der Waals surface area contributed by atoms with E-state index >= 15 is 0 Å². The Bertz CT molecular complexity index is 782. The SMILES string of the molecule is CCCCCCCCCCC1CCC(C2C=CC(c3ccc(CCCC)c(F)c3F)=CC2)CC1. The van der Waals surface area contributed by atoms with Crippen molar-refractivity contribution >= 4 is 5.57 Å². The normalized spacial score (nSPS) is 22.7. The molecule has 0 saturated heterocycles. The smallest absolute Gasteiger partial charge is 0.166 e. The Labute approximate surface area is 208 Å². The van der Waals surface area contributed by atoms with Crippen molar-refractivity contribution in [3.8, 4) is 0 Å². The number of rotatable bonds is 14. The molecule has 0 heterocycles. The van der Waals surface area contributed by atoms with Gasteiger partial charge in [-0.15, -0.1) is 0 Å². The zero-order chi connectivity index (χ0) is 24.2. The number of aryl methyl sites for hydroxylation is 1. The van der Waals surface area contributed by atoms with Gasteiger partial charge >= 0.3 is 0 Å². The summed E-state index contributed by atoms with van der Waals surface area (Å²) < 4.78 is 29.3. The highest BCUT2D eigenvalue weighted by molar-refractivity contribution is 5.75. The standard InChI is InChI=1S/C32H48F2/c1-3-5-7-8-9-10-11-12-13-25-15-17-26(18-16-25)27-19-21-28(22-20-27)30-24-23-29(14-6-4-2)31(33)32(30)34/h19,21-27H,3-18,20H2,1-2H3. The van der Waals surface area contributed by atoms with Crippen molar-refractivity contribution in [1.82, 2.24) is 0 Å². The van der Waals surface area contributed by atoms with Crippen LogP contribution in [0.2, 0.25) is 0 Å². The third kappa shape index (κ3) is 8.06. The molecular weight excluding hydrogens is 422 g/mol. The number of hydrogen-bond donors (Lipinski definition) is 0. The summed E-state index contributed by atoms with van der Waals surface area (Å²) in [4.78, 5) is 0. The van der Waals surface area contributed by atoms with Gasteiger partial charge in [-0.1, -0.05) is 121 Å². The molecule has 2 heteroatoms. The fourth-order valence-electron chi connectivity index (χ4n) is 6.03. The first kappa shape index (κ1) is 27.2. The number of benzene rings is 1. The zero-order valence-corrected chi connectivity index (χ0v) is 21.9. The molecule has 190 valence electrons. The first-order chi connectivity index (χ1) is 16.6. The summed E-state index contributed by atoms with van der Waals surface area (Å²) >= 11 is 0. The zero-order valence-electron chi connectivity index (χ0n) is 21.9. The van der Waals surface area contributed by atoms with E-state index in [0.29, 0.717) is 23.5 Å². The first-order valence-electron chi connectivity index (χ1n) is 14.5. The van der Waals surface area contributed by atoms with Crippen molar-refractivity contribution in [3.05, 3.63) is 53.1 Å². The molecule has 34 heavy (non-hydrogen) atoms. The predicted molar refractivity (Wildman–Crippen MR) is 143 cm³/mol. The molecular formula is C32H48F2. The minimum Gasteiger partial charge on any atom is -0.203 e. The van der Waals surface area contributed by atoms with Crippen LogP contribution in [0, 0.1) is 29.4 Å². The van der Waals surface area contributed by atoms with E-state index in [0.717, 1.165) is 36.7 Å². The Hall–Kier alpha value is -1.44. The Morgan fingerprint density at radius 3 is 2.09 bits per heavy atom. The van der Waals surface area contributed by atoms with Gasteiger partial charge in [0.25, 0.3) is 0 Å². The summed E-state index contributed by atoms with van der Waals surface area (Å²) in [5.74, 6) is 0.909. The highest BCUT2D eigenvalue weighted by Gasteiger charge is 2.27.